The van der Waals surface area contributed by atoms with Crippen LogP contribution in [0, 0.1) is 5.21 Å². The molecule has 1 amide bonds. The first-order valence-corrected chi connectivity index (χ1v) is 8.28. The molecule has 0 fully saturated rings. The predicted molar refractivity (Wildman–Crippen MR) is 96.8 cm³/mol. The van der Waals surface area contributed by atoms with E-state index in [-0.39, 0.29) is 22.9 Å². The highest BCUT2D eigenvalue weighted by Crippen LogP contribution is 2.38. The molecular formula is C19H21N2O5-. The molecule has 0 aromatic heterocycles. The summed E-state index contributed by atoms with van der Waals surface area (Å²) in [6.07, 6.45) is 0.717. The normalized spacial score (nSPS) is 16.0. The molecular weight excluding hydrogens is 336 g/mol. The largest absolute Gasteiger partial charge is 0.733 e. The Hall–Kier alpha value is -2.77. The predicted octanol–water partition coefficient (Wildman–Crippen LogP) is 3.16. The van der Waals surface area contributed by atoms with Crippen LogP contribution in [0.4, 0.5) is 5.69 Å². The van der Waals surface area contributed by atoms with E-state index in [0.717, 1.165) is 17.5 Å². The Balaban J connectivity index is 1.88. The molecule has 1 unspecified atom stereocenters. The number of fused-ring (bicyclic) bond motifs is 1. The molecule has 0 spiro atoms. The quantitative estimate of drug-likeness (QED) is 0.846. The number of carbonyl (C=O) groups is 1. The van der Waals surface area contributed by atoms with Crippen LogP contribution in [-0.4, -0.2) is 36.8 Å². The van der Waals surface area contributed by atoms with E-state index in [0.29, 0.717) is 23.6 Å². The summed E-state index contributed by atoms with van der Waals surface area (Å²) >= 11 is 0. The first-order valence-electron chi connectivity index (χ1n) is 8.28. The molecule has 7 nitrogen and oxygen atoms in total. The SMILES string of the molecule is COc1cc2c(cc1OC)C(C)N(C(=O)c1ccc(N([O-])O)cc1)CC2. The standard InChI is InChI=1S/C19H21N2O5/c1-12-16-11-18(26-3)17(25-2)10-14(16)8-9-20(12)19(22)13-4-6-15(7-5-13)21(23)24/h4-7,10-12,23H,8-9H2,1-3H3/q-1. The minimum absolute atomic E-state index is 0.0791. The van der Waals surface area contributed by atoms with Crippen molar-refractivity contribution in [2.75, 3.05) is 26.0 Å². The molecule has 7 heteroatoms. The molecule has 26 heavy (non-hydrogen) atoms. The number of carbonyl (C=O) groups excluding carboxylic acids is 1. The smallest absolute Gasteiger partial charge is 0.254 e. The summed E-state index contributed by atoms with van der Waals surface area (Å²) in [6.45, 7) is 2.56. The van der Waals surface area contributed by atoms with Gasteiger partial charge in [-0.3, -0.25) is 10.0 Å². The average molecular weight is 357 g/mol. The lowest BCUT2D eigenvalue weighted by molar-refractivity contribution is 0.0677. The third-order valence-corrected chi connectivity index (χ3v) is 4.78. The van der Waals surface area contributed by atoms with E-state index in [4.69, 9.17) is 14.7 Å². The second-order valence-corrected chi connectivity index (χ2v) is 6.15. The number of methoxy groups -OCH3 is 2. The van der Waals surface area contributed by atoms with Crippen LogP contribution in [0.1, 0.15) is 34.5 Å². The van der Waals surface area contributed by atoms with Crippen LogP contribution < -0.4 is 14.7 Å². The van der Waals surface area contributed by atoms with Gasteiger partial charge < -0.3 is 24.8 Å². The highest BCUT2D eigenvalue weighted by atomic mass is 16.8. The molecule has 1 aliphatic heterocycles. The third kappa shape index (κ3) is 3.18. The molecule has 1 N–H and O–H groups in total. The number of anilines is 1. The highest BCUT2D eigenvalue weighted by molar-refractivity contribution is 5.95. The third-order valence-electron chi connectivity index (χ3n) is 4.78. The van der Waals surface area contributed by atoms with Crippen molar-refractivity contribution in [3.05, 3.63) is 58.3 Å². The molecule has 2 aromatic carbocycles. The van der Waals surface area contributed by atoms with Crippen molar-refractivity contribution in [1.29, 1.82) is 0 Å². The van der Waals surface area contributed by atoms with E-state index < -0.39 is 0 Å². The van der Waals surface area contributed by atoms with Crippen molar-refractivity contribution in [1.82, 2.24) is 4.90 Å². The van der Waals surface area contributed by atoms with Gasteiger partial charge in [-0.1, -0.05) is 0 Å². The van der Waals surface area contributed by atoms with Crippen molar-refractivity contribution in [3.63, 3.8) is 0 Å². The Morgan fingerprint density at radius 1 is 1.19 bits per heavy atom. The lowest BCUT2D eigenvalue weighted by atomic mass is 9.92. The lowest BCUT2D eigenvalue weighted by Gasteiger charge is -2.36. The van der Waals surface area contributed by atoms with Crippen molar-refractivity contribution >= 4 is 11.6 Å². The summed E-state index contributed by atoms with van der Waals surface area (Å²) in [4.78, 5) is 14.7. The van der Waals surface area contributed by atoms with Crippen molar-refractivity contribution in [3.8, 4) is 11.5 Å². The number of hydrogen-bond acceptors (Lipinski definition) is 6. The minimum atomic E-state index is -0.228. The Morgan fingerprint density at radius 2 is 1.81 bits per heavy atom. The molecule has 0 aliphatic carbocycles. The maximum atomic E-state index is 12.9. The molecule has 1 atom stereocenters. The summed E-state index contributed by atoms with van der Waals surface area (Å²) in [6, 6.07) is 9.66. The Bertz CT molecular complexity index is 804. The van der Waals surface area contributed by atoms with Gasteiger partial charge in [0.2, 0.25) is 0 Å². The first kappa shape index (κ1) is 18.0. The number of nitrogens with zero attached hydrogens (tertiary/aromatic N) is 2. The Kier molecular flexibility index (Phi) is 5.01. The van der Waals surface area contributed by atoms with Crippen molar-refractivity contribution < 1.29 is 19.5 Å². The summed E-state index contributed by atoms with van der Waals surface area (Å²) in [5.74, 6) is 1.19. The van der Waals surface area contributed by atoms with Gasteiger partial charge in [-0.25, -0.2) is 0 Å². The molecule has 0 bridgehead atoms. The molecule has 2 aromatic rings. The van der Waals surface area contributed by atoms with Crippen LogP contribution in [0.5, 0.6) is 11.5 Å². The van der Waals surface area contributed by atoms with Crippen LogP contribution in [0.2, 0.25) is 0 Å². The number of benzene rings is 2. The minimum Gasteiger partial charge on any atom is -0.733 e. The number of hydrogen-bond donors (Lipinski definition) is 1. The zero-order valence-corrected chi connectivity index (χ0v) is 14.9. The molecule has 1 aliphatic rings. The Morgan fingerprint density at radius 3 is 2.38 bits per heavy atom. The summed E-state index contributed by atoms with van der Waals surface area (Å²) in [5, 5.41) is 19.6. The number of ether oxygens (including phenoxy) is 2. The van der Waals surface area contributed by atoms with Crippen LogP contribution >= 0.6 is 0 Å². The first-order chi connectivity index (χ1) is 12.5. The molecule has 0 saturated heterocycles. The lowest BCUT2D eigenvalue weighted by Crippen LogP contribution is -2.38. The molecule has 3 rings (SSSR count). The van der Waals surface area contributed by atoms with E-state index in [1.165, 1.54) is 24.3 Å². The molecule has 1 heterocycles. The maximum Gasteiger partial charge on any atom is 0.254 e. The fraction of sp³-hybridized carbons (Fsp3) is 0.316. The summed E-state index contributed by atoms with van der Waals surface area (Å²) in [5.41, 5.74) is 2.71. The van der Waals surface area contributed by atoms with Gasteiger partial charge >= 0.3 is 0 Å². The zero-order valence-electron chi connectivity index (χ0n) is 14.9. The second kappa shape index (κ2) is 7.23. The zero-order chi connectivity index (χ0) is 18.8. The highest BCUT2D eigenvalue weighted by Gasteiger charge is 2.29. The number of amides is 1. The molecule has 0 saturated carbocycles. The monoisotopic (exact) mass is 357 g/mol. The van der Waals surface area contributed by atoms with Crippen LogP contribution in [0.25, 0.3) is 0 Å². The van der Waals surface area contributed by atoms with E-state index in [2.05, 4.69) is 0 Å². The van der Waals surface area contributed by atoms with Gasteiger partial charge in [0.1, 0.15) is 0 Å². The Labute approximate surface area is 151 Å². The van der Waals surface area contributed by atoms with Crippen LogP contribution in [0.3, 0.4) is 0 Å². The van der Waals surface area contributed by atoms with Gasteiger partial charge in [-0.15, -0.1) is 0 Å². The summed E-state index contributed by atoms with van der Waals surface area (Å²) in [7, 11) is 3.19. The molecule has 0 radical (unpaired) electrons. The average Bonchev–Trinajstić information content (AvgIpc) is 2.67. The van der Waals surface area contributed by atoms with Gasteiger partial charge in [-0.2, -0.15) is 0 Å². The van der Waals surface area contributed by atoms with Crippen LogP contribution in [-0.2, 0) is 6.42 Å². The fourth-order valence-corrected chi connectivity index (χ4v) is 3.32. The maximum absolute atomic E-state index is 12.9. The van der Waals surface area contributed by atoms with Gasteiger partial charge in [-0.05, 0) is 60.9 Å². The fourth-order valence-electron chi connectivity index (χ4n) is 3.32. The van der Waals surface area contributed by atoms with E-state index in [1.807, 2.05) is 19.1 Å². The van der Waals surface area contributed by atoms with Crippen molar-refractivity contribution in [2.24, 2.45) is 0 Å². The second-order valence-electron chi connectivity index (χ2n) is 6.15. The van der Waals surface area contributed by atoms with Gasteiger partial charge in [0, 0.05) is 12.1 Å². The van der Waals surface area contributed by atoms with E-state index in [9.17, 15) is 10.0 Å². The van der Waals surface area contributed by atoms with Gasteiger partial charge in [0.15, 0.2) is 11.5 Å². The van der Waals surface area contributed by atoms with Crippen LogP contribution in [0.15, 0.2) is 36.4 Å². The molecule has 138 valence electrons. The topological polar surface area (TPSA) is 85.3 Å². The number of rotatable bonds is 4. The van der Waals surface area contributed by atoms with E-state index in [1.54, 1.807) is 19.1 Å². The van der Waals surface area contributed by atoms with Gasteiger partial charge in [0.05, 0.1) is 25.9 Å². The van der Waals surface area contributed by atoms with Gasteiger partial charge in [0.25, 0.3) is 5.91 Å². The summed E-state index contributed by atoms with van der Waals surface area (Å²) < 4.78 is 10.7. The van der Waals surface area contributed by atoms with E-state index >= 15 is 0 Å². The van der Waals surface area contributed by atoms with Crippen molar-refractivity contribution in [2.45, 2.75) is 19.4 Å².